The second kappa shape index (κ2) is 9.01. The van der Waals surface area contributed by atoms with Crippen LogP contribution in [0.3, 0.4) is 0 Å². The van der Waals surface area contributed by atoms with Gasteiger partial charge in [0.2, 0.25) is 0 Å². The van der Waals surface area contributed by atoms with Gasteiger partial charge < -0.3 is 10.1 Å². The van der Waals surface area contributed by atoms with E-state index in [9.17, 15) is 18.0 Å². The van der Waals surface area contributed by atoms with Crippen LogP contribution in [-0.2, 0) is 14.8 Å². The number of aryl methyl sites for hydroxylation is 1. The minimum atomic E-state index is -3.87. The number of carbonyl (C=O) groups is 2. The molecule has 0 aliphatic rings. The predicted octanol–water partition coefficient (Wildman–Crippen LogP) is 3.86. The van der Waals surface area contributed by atoms with E-state index in [0.29, 0.717) is 11.4 Å². The molecule has 0 fully saturated rings. The van der Waals surface area contributed by atoms with Crippen LogP contribution < -0.4 is 9.62 Å². The standard InChI is InChI=1S/C23H22N2O5S/c1-16-8-4-5-13-21(16)25(2)31(28,29)20-12-7-9-17(15-20)22(26)24-19-11-6-10-18(14-19)23(27)30-3/h4-15H,1-3H3,(H,24,26). The lowest BCUT2D eigenvalue weighted by atomic mass is 10.1. The summed E-state index contributed by atoms with van der Waals surface area (Å²) >= 11 is 0. The molecule has 0 bridgehead atoms. The van der Waals surface area contributed by atoms with Crippen molar-refractivity contribution < 1.29 is 22.7 Å². The maximum absolute atomic E-state index is 13.1. The fourth-order valence-electron chi connectivity index (χ4n) is 3.05. The lowest BCUT2D eigenvalue weighted by Gasteiger charge is -2.21. The first-order valence-electron chi connectivity index (χ1n) is 9.38. The lowest BCUT2D eigenvalue weighted by molar-refractivity contribution is 0.0600. The van der Waals surface area contributed by atoms with E-state index in [-0.39, 0.29) is 16.0 Å². The fourth-order valence-corrected chi connectivity index (χ4v) is 4.35. The highest BCUT2D eigenvalue weighted by molar-refractivity contribution is 7.92. The molecule has 0 spiro atoms. The minimum absolute atomic E-state index is 0.00536. The third-order valence-electron chi connectivity index (χ3n) is 4.75. The van der Waals surface area contributed by atoms with Gasteiger partial charge in [-0.3, -0.25) is 9.10 Å². The van der Waals surface area contributed by atoms with Crippen molar-refractivity contribution in [1.82, 2.24) is 0 Å². The van der Waals surface area contributed by atoms with Crippen molar-refractivity contribution in [2.24, 2.45) is 0 Å². The van der Waals surface area contributed by atoms with Gasteiger partial charge in [0.05, 0.1) is 23.3 Å². The topological polar surface area (TPSA) is 92.8 Å². The van der Waals surface area contributed by atoms with Crippen LogP contribution in [0.4, 0.5) is 11.4 Å². The summed E-state index contributed by atoms with van der Waals surface area (Å²) in [6, 6.07) is 19.2. The summed E-state index contributed by atoms with van der Waals surface area (Å²) in [5, 5.41) is 2.67. The molecule has 31 heavy (non-hydrogen) atoms. The van der Waals surface area contributed by atoms with Crippen LogP contribution in [-0.4, -0.2) is 34.5 Å². The molecule has 0 aliphatic heterocycles. The number of sulfonamides is 1. The van der Waals surface area contributed by atoms with Crippen LogP contribution in [0.15, 0.2) is 77.7 Å². The van der Waals surface area contributed by atoms with E-state index in [0.717, 1.165) is 5.56 Å². The third-order valence-corrected chi connectivity index (χ3v) is 6.52. The number of nitrogens with one attached hydrogen (secondary N) is 1. The molecule has 0 saturated heterocycles. The Balaban J connectivity index is 1.87. The van der Waals surface area contributed by atoms with Gasteiger partial charge in [0.25, 0.3) is 15.9 Å². The Hall–Kier alpha value is -3.65. The van der Waals surface area contributed by atoms with Gasteiger partial charge in [-0.1, -0.05) is 30.3 Å². The Kier molecular flexibility index (Phi) is 6.41. The van der Waals surface area contributed by atoms with Gasteiger partial charge in [-0.2, -0.15) is 0 Å². The Labute approximate surface area is 181 Å². The Bertz CT molecular complexity index is 1240. The number of esters is 1. The number of hydrogen-bond donors (Lipinski definition) is 1. The molecule has 7 nitrogen and oxygen atoms in total. The first-order valence-corrected chi connectivity index (χ1v) is 10.8. The average molecular weight is 439 g/mol. The summed E-state index contributed by atoms with van der Waals surface area (Å²) in [6.45, 7) is 1.83. The fraction of sp³-hybridized carbons (Fsp3) is 0.130. The third kappa shape index (κ3) is 4.75. The summed E-state index contributed by atoms with van der Waals surface area (Å²) in [5.41, 5.74) is 2.21. The molecule has 160 valence electrons. The zero-order chi connectivity index (χ0) is 22.6. The van der Waals surface area contributed by atoms with Crippen molar-refractivity contribution in [3.8, 4) is 0 Å². The van der Waals surface area contributed by atoms with E-state index < -0.39 is 21.9 Å². The van der Waals surface area contributed by atoms with E-state index in [1.54, 1.807) is 30.3 Å². The number of benzene rings is 3. The van der Waals surface area contributed by atoms with E-state index in [1.165, 1.54) is 48.8 Å². The maximum atomic E-state index is 13.1. The molecule has 3 aromatic rings. The molecular weight excluding hydrogens is 416 g/mol. The van der Waals surface area contributed by atoms with E-state index in [2.05, 4.69) is 10.1 Å². The molecular formula is C23H22N2O5S. The molecule has 3 aromatic carbocycles. The van der Waals surface area contributed by atoms with Crippen molar-refractivity contribution >= 4 is 33.3 Å². The van der Waals surface area contributed by atoms with Crippen LogP contribution in [0.5, 0.6) is 0 Å². The van der Waals surface area contributed by atoms with Gasteiger partial charge in [-0.15, -0.1) is 0 Å². The van der Waals surface area contributed by atoms with Crippen molar-refractivity contribution in [3.63, 3.8) is 0 Å². The quantitative estimate of drug-likeness (QED) is 0.590. The molecule has 0 radical (unpaired) electrons. The number of para-hydroxylation sites is 1. The second-order valence-corrected chi connectivity index (χ2v) is 8.78. The highest BCUT2D eigenvalue weighted by atomic mass is 32.2. The highest BCUT2D eigenvalue weighted by Gasteiger charge is 2.23. The lowest BCUT2D eigenvalue weighted by Crippen LogP contribution is -2.27. The Morgan fingerprint density at radius 2 is 1.58 bits per heavy atom. The van der Waals surface area contributed by atoms with Gasteiger partial charge >= 0.3 is 5.97 Å². The van der Waals surface area contributed by atoms with Crippen LogP contribution in [0.1, 0.15) is 26.3 Å². The van der Waals surface area contributed by atoms with Crippen molar-refractivity contribution in [2.45, 2.75) is 11.8 Å². The summed E-state index contributed by atoms with van der Waals surface area (Å²) in [4.78, 5) is 24.4. The van der Waals surface area contributed by atoms with E-state index in [1.807, 2.05) is 19.1 Å². The van der Waals surface area contributed by atoms with Gasteiger partial charge in [-0.25, -0.2) is 13.2 Å². The SMILES string of the molecule is COC(=O)c1cccc(NC(=O)c2cccc(S(=O)(=O)N(C)c3ccccc3C)c2)c1. The van der Waals surface area contributed by atoms with Crippen LogP contribution in [0, 0.1) is 6.92 Å². The van der Waals surface area contributed by atoms with Gasteiger partial charge in [0.15, 0.2) is 0 Å². The predicted molar refractivity (Wildman–Crippen MR) is 119 cm³/mol. The second-order valence-electron chi connectivity index (χ2n) is 6.81. The van der Waals surface area contributed by atoms with Crippen molar-refractivity contribution in [2.75, 3.05) is 23.8 Å². The van der Waals surface area contributed by atoms with Gasteiger partial charge in [0.1, 0.15) is 0 Å². The molecule has 1 amide bonds. The first kappa shape index (κ1) is 22.0. The summed E-state index contributed by atoms with van der Waals surface area (Å²) in [6.07, 6.45) is 0. The monoisotopic (exact) mass is 438 g/mol. The number of amides is 1. The Morgan fingerprint density at radius 1 is 0.903 bits per heavy atom. The van der Waals surface area contributed by atoms with Crippen LogP contribution >= 0.6 is 0 Å². The molecule has 0 unspecified atom stereocenters. The molecule has 1 N–H and O–H groups in total. The first-order chi connectivity index (χ1) is 14.7. The smallest absolute Gasteiger partial charge is 0.337 e. The van der Waals surface area contributed by atoms with E-state index >= 15 is 0 Å². The number of hydrogen-bond acceptors (Lipinski definition) is 5. The number of rotatable bonds is 6. The molecule has 0 aromatic heterocycles. The zero-order valence-electron chi connectivity index (χ0n) is 17.3. The molecule has 3 rings (SSSR count). The minimum Gasteiger partial charge on any atom is -0.465 e. The Morgan fingerprint density at radius 3 is 2.29 bits per heavy atom. The molecule has 0 aliphatic carbocycles. The number of anilines is 2. The average Bonchev–Trinajstić information content (AvgIpc) is 2.78. The largest absolute Gasteiger partial charge is 0.465 e. The summed E-state index contributed by atoms with van der Waals surface area (Å²) < 4.78 is 32.1. The maximum Gasteiger partial charge on any atom is 0.337 e. The number of methoxy groups -OCH3 is 1. The van der Waals surface area contributed by atoms with Crippen molar-refractivity contribution in [1.29, 1.82) is 0 Å². The summed E-state index contributed by atoms with van der Waals surface area (Å²) in [5.74, 6) is -1.03. The van der Waals surface area contributed by atoms with Crippen LogP contribution in [0.25, 0.3) is 0 Å². The molecule has 0 saturated carbocycles. The number of ether oxygens (including phenoxy) is 1. The van der Waals surface area contributed by atoms with Crippen LogP contribution in [0.2, 0.25) is 0 Å². The zero-order valence-corrected chi connectivity index (χ0v) is 18.1. The molecule has 8 heteroatoms. The number of carbonyl (C=O) groups excluding carboxylic acids is 2. The molecule has 0 heterocycles. The number of nitrogens with zero attached hydrogens (tertiary/aromatic N) is 1. The highest BCUT2D eigenvalue weighted by Crippen LogP contribution is 2.25. The van der Waals surface area contributed by atoms with Gasteiger partial charge in [-0.05, 0) is 55.0 Å². The van der Waals surface area contributed by atoms with E-state index in [4.69, 9.17) is 0 Å². The normalized spacial score (nSPS) is 10.9. The van der Waals surface area contributed by atoms with Crippen molar-refractivity contribution in [3.05, 3.63) is 89.5 Å². The van der Waals surface area contributed by atoms with Gasteiger partial charge in [0, 0.05) is 18.3 Å². The molecule has 0 atom stereocenters. The summed E-state index contributed by atoms with van der Waals surface area (Å²) in [7, 11) is -1.13.